The van der Waals surface area contributed by atoms with Crippen molar-refractivity contribution in [2.75, 3.05) is 0 Å². The van der Waals surface area contributed by atoms with Crippen molar-refractivity contribution in [1.29, 1.82) is 0 Å². The molecule has 4 atom stereocenters. The maximum Gasteiger partial charge on any atom is 0.147 e. The van der Waals surface area contributed by atoms with Crippen LogP contribution in [0, 0.1) is 92.7 Å². The Kier molecular flexibility index (Phi) is 18.8. The number of fused-ring (bicyclic) bond motifs is 4. The van der Waals surface area contributed by atoms with E-state index in [2.05, 4.69) is 236 Å². The van der Waals surface area contributed by atoms with Crippen molar-refractivity contribution in [3.8, 4) is 0 Å². The smallest absolute Gasteiger partial charge is 0.147 e. The molecule has 4 saturated carbocycles. The summed E-state index contributed by atoms with van der Waals surface area (Å²) in [6, 6.07) is 25.6. The van der Waals surface area contributed by atoms with E-state index in [0.29, 0.717) is 51.4 Å². The number of hydrogen-bond acceptors (Lipinski definition) is 8. The molecule has 0 saturated heterocycles. The van der Waals surface area contributed by atoms with Crippen LogP contribution in [0.2, 0.25) is 0 Å². The molecule has 0 N–H and O–H groups in total. The van der Waals surface area contributed by atoms with Crippen LogP contribution < -0.4 is 0 Å². The van der Waals surface area contributed by atoms with E-state index in [1.54, 1.807) is 27.7 Å². The number of hydrogen-bond donors (Lipinski definition) is 0. The molecule has 0 bridgehead atoms. The maximum absolute atomic E-state index is 13.0. The summed E-state index contributed by atoms with van der Waals surface area (Å²) >= 11 is 0. The zero-order valence-electron chi connectivity index (χ0n) is 63.0. The molecule has 0 heterocycles. The molecule has 4 aromatic carbocycles. The van der Waals surface area contributed by atoms with Gasteiger partial charge in [-0.25, -0.2) is 0 Å². The van der Waals surface area contributed by atoms with E-state index in [1.165, 1.54) is 89.1 Å². The Hall–Kier alpha value is -6.80. The topological polar surface area (TPSA) is 137 Å². The summed E-state index contributed by atoms with van der Waals surface area (Å²) in [5, 5.41) is 0. The van der Waals surface area contributed by atoms with Crippen LogP contribution in [0.1, 0.15) is 257 Å². The number of rotatable bonds is 12. The Morgan fingerprint density at radius 2 is 0.667 bits per heavy atom. The molecular formula is C88H112O8. The van der Waals surface area contributed by atoms with E-state index < -0.39 is 21.7 Å². The molecule has 4 aromatic rings. The van der Waals surface area contributed by atoms with E-state index in [1.807, 2.05) is 0 Å². The molecule has 0 aromatic heterocycles. The van der Waals surface area contributed by atoms with Gasteiger partial charge >= 0.3 is 0 Å². The minimum Gasteiger partial charge on any atom is -0.299 e. The summed E-state index contributed by atoms with van der Waals surface area (Å²) in [6.07, 6.45) is 16.4. The fraction of sp³-hybridized carbons (Fsp3) is 0.545. The molecule has 8 aliphatic rings. The van der Waals surface area contributed by atoms with Crippen molar-refractivity contribution in [2.45, 2.75) is 243 Å². The highest BCUT2D eigenvalue weighted by molar-refractivity contribution is 6.12. The number of allylic oxidation sites excluding steroid dienone is 4. The van der Waals surface area contributed by atoms with Gasteiger partial charge in [-0.3, -0.25) is 38.4 Å². The normalized spacial score (nSPS) is 27.1. The second-order valence-corrected chi connectivity index (χ2v) is 35.6. The molecule has 4 unspecified atom stereocenters. The van der Waals surface area contributed by atoms with Gasteiger partial charge in [-0.15, -0.1) is 0 Å². The first-order chi connectivity index (χ1) is 44.1. The Labute approximate surface area is 575 Å². The van der Waals surface area contributed by atoms with Crippen LogP contribution in [0.3, 0.4) is 0 Å². The van der Waals surface area contributed by atoms with E-state index >= 15 is 0 Å². The van der Waals surface area contributed by atoms with Crippen molar-refractivity contribution in [2.24, 2.45) is 65.0 Å². The molecule has 0 radical (unpaired) electrons. The third-order valence-corrected chi connectivity index (χ3v) is 28.3. The first-order valence-electron chi connectivity index (χ1n) is 35.4. The number of Topliss-reactive ketones (excluding diaryl/α,β-unsaturated/α-hetero) is 8. The molecule has 0 aliphatic heterocycles. The molecular weight excluding hydrogens is 1180 g/mol. The quantitative estimate of drug-likeness (QED) is 0.128. The van der Waals surface area contributed by atoms with Gasteiger partial charge < -0.3 is 0 Å². The Morgan fingerprint density at radius 1 is 0.333 bits per heavy atom. The van der Waals surface area contributed by atoms with Crippen LogP contribution in [0.5, 0.6) is 0 Å². The standard InChI is InChI=1S/4C22H28O2/c2*1-14-7-8-17-10-16(11-18(17)9-14)12-22(15(2)23)19(24)13-20(3,4)21(22,5)6;2*1-14-8-7-9-17-10-16(11-18(14)17)12-22(15(2)23)19(24)13-20(3,4)21(22,5)6/h7-9,11H,10,12-13H2,1-6H3;7-10H,11-13H2,1-6H3;7-9,11H,10,12-13H2,1-6H3;7-10H,11-13H2,1-6H3. The van der Waals surface area contributed by atoms with Gasteiger partial charge in [-0.2, -0.15) is 0 Å². The molecule has 4 fully saturated rings. The van der Waals surface area contributed by atoms with Crippen LogP contribution in [0.4, 0.5) is 0 Å². The predicted octanol–water partition coefficient (Wildman–Crippen LogP) is 19.7. The summed E-state index contributed by atoms with van der Waals surface area (Å²) in [7, 11) is 0. The van der Waals surface area contributed by atoms with Gasteiger partial charge in [0.2, 0.25) is 0 Å². The summed E-state index contributed by atoms with van der Waals surface area (Å²) in [5.41, 5.74) is 14.5. The molecule has 0 amide bonds. The zero-order chi connectivity index (χ0) is 71.7. The molecule has 8 heteroatoms. The average molecular weight is 1300 g/mol. The Morgan fingerprint density at radius 3 is 1.05 bits per heavy atom. The van der Waals surface area contributed by atoms with Gasteiger partial charge in [0.15, 0.2) is 0 Å². The molecule has 0 spiro atoms. The maximum atomic E-state index is 13.0. The summed E-state index contributed by atoms with van der Waals surface area (Å²) in [5.74, 6) is 0.591. The molecule has 12 rings (SSSR count). The third-order valence-electron chi connectivity index (χ3n) is 28.3. The van der Waals surface area contributed by atoms with Crippen molar-refractivity contribution in [3.05, 3.63) is 162 Å². The highest BCUT2D eigenvalue weighted by atomic mass is 16.2. The Balaban J connectivity index is 0.000000150. The number of carbonyl (C=O) groups is 8. The SMILES string of the molecule is CC(=O)C1(CC2=Cc3c(C)cccc3C2)C(=O)CC(C)(C)C1(C)C.CC(=O)C1(CC2=Cc3cc(C)ccc3C2)C(=O)CC(C)(C)C1(C)C.CC(=O)C1(CC2=Cc3ccc(C)cc3C2)C(=O)CC(C)(C)C1(C)C.CC(=O)C1(CC2=Cc3cccc(C)c3C2)C(=O)CC(C)(C)C1(C)C. The summed E-state index contributed by atoms with van der Waals surface area (Å²) in [4.78, 5) is 103. The summed E-state index contributed by atoms with van der Waals surface area (Å²) in [6.45, 7) is 48.7. The fourth-order valence-electron chi connectivity index (χ4n) is 19.2. The lowest BCUT2D eigenvalue weighted by Gasteiger charge is -2.45. The van der Waals surface area contributed by atoms with Gasteiger partial charge in [0.25, 0.3) is 0 Å². The number of aryl methyl sites for hydroxylation is 4. The molecule has 8 aliphatic carbocycles. The highest BCUT2D eigenvalue weighted by Crippen LogP contribution is 2.67. The number of carbonyl (C=O) groups excluding carboxylic acids is 8. The van der Waals surface area contributed by atoms with Crippen molar-refractivity contribution >= 4 is 70.6 Å². The van der Waals surface area contributed by atoms with E-state index in [-0.39, 0.29) is 89.6 Å². The lowest BCUT2D eigenvalue weighted by atomic mass is 9.56. The summed E-state index contributed by atoms with van der Waals surface area (Å²) < 4.78 is 0. The van der Waals surface area contributed by atoms with Crippen LogP contribution in [0.25, 0.3) is 24.3 Å². The van der Waals surface area contributed by atoms with E-state index in [4.69, 9.17) is 0 Å². The first-order valence-corrected chi connectivity index (χ1v) is 35.4. The van der Waals surface area contributed by atoms with Crippen molar-refractivity contribution in [1.82, 2.24) is 0 Å². The van der Waals surface area contributed by atoms with Gasteiger partial charge in [0.05, 0.1) is 21.7 Å². The zero-order valence-corrected chi connectivity index (χ0v) is 63.0. The monoisotopic (exact) mass is 1300 g/mol. The third kappa shape index (κ3) is 11.3. The number of benzene rings is 4. The molecule has 8 nitrogen and oxygen atoms in total. The van der Waals surface area contributed by atoms with Crippen LogP contribution in [-0.4, -0.2) is 46.3 Å². The Bertz CT molecular complexity index is 4110. The van der Waals surface area contributed by atoms with Crippen LogP contribution >= 0.6 is 0 Å². The lowest BCUT2D eigenvalue weighted by Crippen LogP contribution is -2.48. The minimum atomic E-state index is -0.891. The second kappa shape index (κ2) is 24.6. The fourth-order valence-corrected chi connectivity index (χ4v) is 19.2. The van der Waals surface area contributed by atoms with E-state index in [9.17, 15) is 38.4 Å². The lowest BCUT2D eigenvalue weighted by molar-refractivity contribution is -0.145. The average Bonchev–Trinajstić information content (AvgIpc) is 1.57. The van der Waals surface area contributed by atoms with Gasteiger partial charge in [0, 0.05) is 25.7 Å². The second-order valence-electron chi connectivity index (χ2n) is 35.6. The molecule has 512 valence electrons. The molecule has 96 heavy (non-hydrogen) atoms. The van der Waals surface area contributed by atoms with Gasteiger partial charge in [-0.1, -0.05) is 241 Å². The largest absolute Gasteiger partial charge is 0.299 e. The van der Waals surface area contributed by atoms with Gasteiger partial charge in [-0.05, 0) is 206 Å². The van der Waals surface area contributed by atoms with Crippen LogP contribution in [-0.2, 0) is 64.0 Å². The highest BCUT2D eigenvalue weighted by Gasteiger charge is 2.69. The minimum absolute atomic E-state index is 0.0242. The predicted molar refractivity (Wildman–Crippen MR) is 391 cm³/mol. The van der Waals surface area contributed by atoms with Crippen molar-refractivity contribution < 1.29 is 38.4 Å². The van der Waals surface area contributed by atoms with Crippen LogP contribution in [0.15, 0.2) is 95.1 Å². The van der Waals surface area contributed by atoms with Crippen molar-refractivity contribution in [3.63, 3.8) is 0 Å². The number of ketones is 8. The first kappa shape index (κ1) is 73.4. The van der Waals surface area contributed by atoms with E-state index in [0.717, 1.165) is 25.7 Å². The van der Waals surface area contributed by atoms with Gasteiger partial charge in [0.1, 0.15) is 46.3 Å².